The van der Waals surface area contributed by atoms with Crippen LogP contribution in [0.2, 0.25) is 0 Å². The molecule has 0 radical (unpaired) electrons. The number of benzene rings is 2. The molecule has 32 heavy (non-hydrogen) atoms. The molecule has 4 rings (SSSR count). The van der Waals surface area contributed by atoms with E-state index in [1.165, 1.54) is 6.07 Å². The minimum atomic E-state index is -1.53. The van der Waals surface area contributed by atoms with Gasteiger partial charge < -0.3 is 9.25 Å². The zero-order valence-electron chi connectivity index (χ0n) is 17.1. The van der Waals surface area contributed by atoms with Crippen molar-refractivity contribution in [3.63, 3.8) is 0 Å². The first-order valence-corrected chi connectivity index (χ1v) is 10.9. The summed E-state index contributed by atoms with van der Waals surface area (Å²) in [4.78, 5) is 28.6. The Morgan fingerprint density at radius 2 is 1.91 bits per heavy atom. The summed E-state index contributed by atoms with van der Waals surface area (Å²) in [6.07, 6.45) is 6.24. The van der Waals surface area contributed by atoms with E-state index in [0.717, 1.165) is 18.4 Å². The number of carbonyl (C=O) groups excluding carboxylic acids is 2. The highest BCUT2D eigenvalue weighted by Gasteiger charge is 2.20. The fraction of sp³-hybridized carbons (Fsp3) is 0.130. The lowest BCUT2D eigenvalue weighted by molar-refractivity contribution is 0.0503. The number of aldehydes is 1. The third-order valence-electron chi connectivity index (χ3n) is 5.04. The third-order valence-corrected chi connectivity index (χ3v) is 6.68. The Hall–Kier alpha value is -3.69. The average molecular weight is 449 g/mol. The molecule has 1 aliphatic rings. The van der Waals surface area contributed by atoms with Crippen LogP contribution in [0.1, 0.15) is 40.5 Å². The molecule has 0 fully saturated rings. The van der Waals surface area contributed by atoms with Crippen molar-refractivity contribution in [2.24, 2.45) is 5.90 Å². The maximum atomic E-state index is 13.3. The van der Waals surface area contributed by atoms with E-state index in [9.17, 15) is 13.8 Å². The van der Waals surface area contributed by atoms with Crippen molar-refractivity contribution in [1.29, 1.82) is 0 Å². The normalized spacial score (nSPS) is 14.3. The van der Waals surface area contributed by atoms with Gasteiger partial charge in [0, 0.05) is 21.6 Å². The molecule has 8 nitrogen and oxygen atoms in total. The van der Waals surface area contributed by atoms with Crippen molar-refractivity contribution in [3.05, 3.63) is 76.2 Å². The minimum Gasteiger partial charge on any atom is -0.416 e. The van der Waals surface area contributed by atoms with E-state index in [1.807, 2.05) is 19.1 Å². The molecule has 1 unspecified atom stereocenters. The summed E-state index contributed by atoms with van der Waals surface area (Å²) in [5.74, 6) is 4.62. The van der Waals surface area contributed by atoms with Crippen LogP contribution in [0, 0.1) is 0 Å². The van der Waals surface area contributed by atoms with Crippen LogP contribution in [0.15, 0.2) is 74.4 Å². The predicted molar refractivity (Wildman–Crippen MR) is 118 cm³/mol. The van der Waals surface area contributed by atoms with Gasteiger partial charge in [-0.2, -0.15) is 5.90 Å². The fourth-order valence-corrected chi connectivity index (χ4v) is 4.76. The van der Waals surface area contributed by atoms with Gasteiger partial charge in [-0.15, -0.1) is 10.2 Å². The fourth-order valence-electron chi connectivity index (χ4n) is 3.32. The molecule has 1 aliphatic carbocycles. The molecule has 0 aliphatic heterocycles. The SMILES string of the molecule is CC1=C(S(=O)c2cc(-c3nnc(-c4cccc(C(=O)ON)c4)o3)ccc2C=O)C=CCC1. The number of nitrogens with zero attached hydrogens (tertiary/aromatic N) is 2. The predicted octanol–water partition coefficient (Wildman–Crippen LogP) is 3.98. The molecule has 0 saturated carbocycles. The maximum absolute atomic E-state index is 13.3. The van der Waals surface area contributed by atoms with E-state index < -0.39 is 16.8 Å². The van der Waals surface area contributed by atoms with Crippen LogP contribution in [0.5, 0.6) is 0 Å². The summed E-state index contributed by atoms with van der Waals surface area (Å²) in [6, 6.07) is 11.3. The third kappa shape index (κ3) is 4.20. The van der Waals surface area contributed by atoms with Crippen LogP contribution < -0.4 is 5.90 Å². The first-order valence-electron chi connectivity index (χ1n) is 9.74. The number of aromatic nitrogens is 2. The Morgan fingerprint density at radius 3 is 2.59 bits per heavy atom. The molecular weight excluding hydrogens is 430 g/mol. The smallest absolute Gasteiger partial charge is 0.356 e. The Bertz CT molecular complexity index is 1290. The molecule has 9 heteroatoms. The largest absolute Gasteiger partial charge is 0.416 e. The van der Waals surface area contributed by atoms with E-state index in [2.05, 4.69) is 15.0 Å². The van der Waals surface area contributed by atoms with Gasteiger partial charge in [0.2, 0.25) is 11.8 Å². The van der Waals surface area contributed by atoms with Gasteiger partial charge in [0.15, 0.2) is 6.29 Å². The second-order valence-corrected chi connectivity index (χ2v) is 8.54. The topological polar surface area (TPSA) is 125 Å². The van der Waals surface area contributed by atoms with Crippen molar-refractivity contribution >= 4 is 23.1 Å². The second kappa shape index (κ2) is 9.21. The van der Waals surface area contributed by atoms with Crippen LogP contribution in [0.25, 0.3) is 22.9 Å². The van der Waals surface area contributed by atoms with E-state index in [0.29, 0.717) is 32.8 Å². The van der Waals surface area contributed by atoms with Crippen molar-refractivity contribution < 1.29 is 23.1 Å². The highest BCUT2D eigenvalue weighted by Crippen LogP contribution is 2.31. The number of hydrogen-bond donors (Lipinski definition) is 1. The zero-order chi connectivity index (χ0) is 22.7. The Labute approximate surface area is 186 Å². The maximum Gasteiger partial charge on any atom is 0.356 e. The highest BCUT2D eigenvalue weighted by molar-refractivity contribution is 7.89. The average Bonchev–Trinajstić information content (AvgIpc) is 3.33. The van der Waals surface area contributed by atoms with E-state index in [1.54, 1.807) is 36.4 Å². The first-order chi connectivity index (χ1) is 15.5. The monoisotopic (exact) mass is 449 g/mol. The lowest BCUT2D eigenvalue weighted by atomic mass is 10.1. The number of rotatable bonds is 6. The highest BCUT2D eigenvalue weighted by atomic mass is 32.2. The van der Waals surface area contributed by atoms with Gasteiger partial charge in [0.1, 0.15) is 0 Å². The Balaban J connectivity index is 1.70. The van der Waals surface area contributed by atoms with Crippen molar-refractivity contribution in [2.45, 2.75) is 24.7 Å². The van der Waals surface area contributed by atoms with Crippen LogP contribution in [-0.4, -0.2) is 26.7 Å². The number of hydrogen-bond acceptors (Lipinski definition) is 8. The second-order valence-electron chi connectivity index (χ2n) is 7.12. The van der Waals surface area contributed by atoms with Crippen LogP contribution in [-0.2, 0) is 15.6 Å². The van der Waals surface area contributed by atoms with Crippen LogP contribution in [0.4, 0.5) is 0 Å². The van der Waals surface area contributed by atoms with E-state index in [4.69, 9.17) is 10.3 Å². The van der Waals surface area contributed by atoms with Gasteiger partial charge >= 0.3 is 5.97 Å². The summed E-state index contributed by atoms with van der Waals surface area (Å²) < 4.78 is 19.0. The lowest BCUT2D eigenvalue weighted by Gasteiger charge is -2.13. The van der Waals surface area contributed by atoms with Gasteiger partial charge in [0.05, 0.1) is 21.3 Å². The summed E-state index contributed by atoms with van der Waals surface area (Å²) in [5.41, 5.74) is 2.63. The quantitative estimate of drug-likeness (QED) is 0.442. The number of carbonyl (C=O) groups is 2. The molecule has 2 N–H and O–H groups in total. The number of allylic oxidation sites excluding steroid dienone is 3. The van der Waals surface area contributed by atoms with Crippen molar-refractivity contribution in [3.8, 4) is 22.9 Å². The van der Waals surface area contributed by atoms with Gasteiger partial charge in [-0.05, 0) is 62.2 Å². The van der Waals surface area contributed by atoms with E-state index in [-0.39, 0.29) is 17.3 Å². The number of nitrogens with two attached hydrogens (primary N) is 1. The molecule has 3 aromatic rings. The van der Waals surface area contributed by atoms with Crippen LogP contribution >= 0.6 is 0 Å². The van der Waals surface area contributed by atoms with Crippen molar-refractivity contribution in [1.82, 2.24) is 10.2 Å². The van der Waals surface area contributed by atoms with Gasteiger partial charge in [-0.25, -0.2) is 9.00 Å². The molecule has 0 spiro atoms. The Morgan fingerprint density at radius 1 is 1.16 bits per heavy atom. The first kappa shape index (κ1) is 21.5. The summed E-state index contributed by atoms with van der Waals surface area (Å²) in [6.45, 7) is 1.94. The molecule has 1 atom stereocenters. The molecule has 1 aromatic heterocycles. The molecular formula is C23H19N3O5S. The molecule has 162 valence electrons. The standard InChI is InChI=1S/C23H19N3O5S/c1-14-5-2-3-8-19(14)32(29)20-12-16(9-10-18(20)13-27)22-26-25-21(30-22)15-6-4-7-17(11-15)23(28)31-24/h3-4,6-13H,2,5,24H2,1H3. The van der Waals surface area contributed by atoms with Gasteiger partial charge in [-0.1, -0.05) is 17.7 Å². The Kier molecular flexibility index (Phi) is 6.20. The molecule has 2 aromatic carbocycles. The minimum absolute atomic E-state index is 0.183. The van der Waals surface area contributed by atoms with Crippen molar-refractivity contribution in [2.75, 3.05) is 0 Å². The van der Waals surface area contributed by atoms with Gasteiger partial charge in [0.25, 0.3) is 0 Å². The van der Waals surface area contributed by atoms with E-state index >= 15 is 0 Å². The molecule has 0 bridgehead atoms. The lowest BCUT2D eigenvalue weighted by Crippen LogP contribution is -2.09. The summed E-state index contributed by atoms with van der Waals surface area (Å²) >= 11 is 0. The van der Waals surface area contributed by atoms with Gasteiger partial charge in [-0.3, -0.25) is 4.79 Å². The summed E-state index contributed by atoms with van der Waals surface area (Å²) in [7, 11) is -1.53. The summed E-state index contributed by atoms with van der Waals surface area (Å²) in [5, 5.41) is 8.11. The molecule has 0 saturated heterocycles. The zero-order valence-corrected chi connectivity index (χ0v) is 17.9. The molecule has 0 amide bonds. The van der Waals surface area contributed by atoms with Crippen LogP contribution in [0.3, 0.4) is 0 Å². The molecule has 1 heterocycles.